The number of ether oxygens (including phenoxy) is 1. The summed E-state index contributed by atoms with van der Waals surface area (Å²) in [5.74, 6) is -2.14. The van der Waals surface area contributed by atoms with Crippen LogP contribution in [0.4, 0.5) is 8.78 Å². The molecule has 4 rings (SSSR count). The van der Waals surface area contributed by atoms with Crippen molar-refractivity contribution in [3.63, 3.8) is 0 Å². The van der Waals surface area contributed by atoms with Crippen LogP contribution in [0.5, 0.6) is 0 Å². The molecule has 0 radical (unpaired) electrons. The molecule has 0 aliphatic heterocycles. The van der Waals surface area contributed by atoms with Gasteiger partial charge in [0.25, 0.3) is 5.56 Å². The molecule has 4 aromatic rings. The minimum Gasteiger partial charge on any atom is -0.458 e. The van der Waals surface area contributed by atoms with Crippen molar-refractivity contribution in [2.45, 2.75) is 45.0 Å². The predicted octanol–water partition coefficient (Wildman–Crippen LogP) is 4.02. The highest BCUT2D eigenvalue weighted by Gasteiger charge is 2.24. The summed E-state index contributed by atoms with van der Waals surface area (Å²) < 4.78 is 34.3. The van der Waals surface area contributed by atoms with E-state index in [-0.39, 0.29) is 13.0 Å². The first-order valence-electron chi connectivity index (χ1n) is 13.1. The second kappa shape index (κ2) is 13.7. The van der Waals surface area contributed by atoms with Gasteiger partial charge < -0.3 is 15.8 Å². The molecule has 2 atom stereocenters. The van der Waals surface area contributed by atoms with Gasteiger partial charge in [-0.1, -0.05) is 61.5 Å². The number of aryl methyl sites for hydroxylation is 1. The highest BCUT2D eigenvalue weighted by molar-refractivity contribution is 5.69. The van der Waals surface area contributed by atoms with Gasteiger partial charge in [0.15, 0.2) is 0 Å². The van der Waals surface area contributed by atoms with Crippen molar-refractivity contribution in [1.29, 1.82) is 0 Å². The van der Waals surface area contributed by atoms with E-state index in [2.05, 4.69) is 23.4 Å². The fraction of sp³-hybridized carbons (Fsp3) is 0.258. The lowest BCUT2D eigenvalue weighted by molar-refractivity contribution is -0.151. The first-order chi connectivity index (χ1) is 19.3. The normalized spacial score (nSPS) is 12.6. The SMILES string of the molecule is CCc1cccc(CNC[C@@H](OC(=O)Cn2nc(-c3ccccc3)ccc2=O)[C@@H](N)Cc2cc(F)cc(F)c2)c1. The Bertz CT molecular complexity index is 1470. The summed E-state index contributed by atoms with van der Waals surface area (Å²) in [5, 5.41) is 7.58. The standard InChI is InChI=1S/C31H32F2N4O3/c1-2-21-7-6-8-22(13-21)18-35-19-29(27(34)16-23-14-25(32)17-26(33)15-23)40-31(39)20-37-30(38)12-11-28(36-37)24-9-4-3-5-10-24/h3-15,17,27,29,35H,2,16,18-20,34H2,1H3/t27-,29+/m0/s1. The average molecular weight is 547 g/mol. The number of hydrogen-bond donors (Lipinski definition) is 2. The zero-order valence-electron chi connectivity index (χ0n) is 22.2. The number of nitrogens with zero attached hydrogens (tertiary/aromatic N) is 2. The van der Waals surface area contributed by atoms with Gasteiger partial charge in [0, 0.05) is 36.8 Å². The lowest BCUT2D eigenvalue weighted by Gasteiger charge is -2.25. The van der Waals surface area contributed by atoms with Crippen molar-refractivity contribution in [3.05, 3.63) is 124 Å². The fourth-order valence-electron chi connectivity index (χ4n) is 4.38. The maximum Gasteiger partial charge on any atom is 0.328 e. The van der Waals surface area contributed by atoms with E-state index in [9.17, 15) is 18.4 Å². The molecule has 0 unspecified atom stereocenters. The van der Waals surface area contributed by atoms with Crippen LogP contribution in [0.25, 0.3) is 11.3 Å². The van der Waals surface area contributed by atoms with E-state index < -0.39 is 41.9 Å². The first kappa shape index (κ1) is 28.8. The largest absolute Gasteiger partial charge is 0.458 e. The van der Waals surface area contributed by atoms with E-state index in [1.807, 2.05) is 48.5 Å². The number of rotatable bonds is 12. The smallest absolute Gasteiger partial charge is 0.328 e. The first-order valence-corrected chi connectivity index (χ1v) is 13.1. The molecule has 0 spiro atoms. The number of halogens is 2. The van der Waals surface area contributed by atoms with Gasteiger partial charge in [-0.25, -0.2) is 13.5 Å². The number of aromatic nitrogens is 2. The molecule has 0 saturated heterocycles. The van der Waals surface area contributed by atoms with Crippen LogP contribution in [0.15, 0.2) is 89.7 Å². The summed E-state index contributed by atoms with van der Waals surface area (Å²) in [7, 11) is 0. The minimum atomic E-state index is -0.846. The van der Waals surface area contributed by atoms with E-state index in [4.69, 9.17) is 10.5 Å². The summed E-state index contributed by atoms with van der Waals surface area (Å²) in [4.78, 5) is 25.4. The van der Waals surface area contributed by atoms with Crippen LogP contribution in [0.1, 0.15) is 23.6 Å². The van der Waals surface area contributed by atoms with Gasteiger partial charge in [0.05, 0.1) is 5.69 Å². The van der Waals surface area contributed by atoms with Gasteiger partial charge in [-0.3, -0.25) is 9.59 Å². The van der Waals surface area contributed by atoms with E-state index in [1.165, 1.54) is 23.8 Å². The summed E-state index contributed by atoms with van der Waals surface area (Å²) in [6.45, 7) is 2.35. The highest BCUT2D eigenvalue weighted by atomic mass is 19.1. The molecule has 0 aliphatic carbocycles. The number of benzene rings is 3. The third kappa shape index (κ3) is 8.14. The molecule has 3 aromatic carbocycles. The Morgan fingerprint density at radius 3 is 2.40 bits per heavy atom. The fourth-order valence-corrected chi connectivity index (χ4v) is 4.38. The Hall–Kier alpha value is -4.21. The molecule has 40 heavy (non-hydrogen) atoms. The molecule has 0 bridgehead atoms. The average Bonchev–Trinajstić information content (AvgIpc) is 2.93. The Morgan fingerprint density at radius 2 is 1.68 bits per heavy atom. The molecule has 3 N–H and O–H groups in total. The van der Waals surface area contributed by atoms with Crippen molar-refractivity contribution >= 4 is 5.97 Å². The molecular weight excluding hydrogens is 514 g/mol. The summed E-state index contributed by atoms with van der Waals surface area (Å²) >= 11 is 0. The molecule has 7 nitrogen and oxygen atoms in total. The predicted molar refractivity (Wildman–Crippen MR) is 149 cm³/mol. The maximum atomic E-state index is 13.8. The van der Waals surface area contributed by atoms with Gasteiger partial charge in [-0.05, 0) is 47.7 Å². The van der Waals surface area contributed by atoms with Gasteiger partial charge >= 0.3 is 5.97 Å². The van der Waals surface area contributed by atoms with Crippen molar-refractivity contribution < 1.29 is 18.3 Å². The third-order valence-corrected chi connectivity index (χ3v) is 6.44. The molecule has 1 heterocycles. The number of nitrogens with two attached hydrogens (primary N) is 1. The monoisotopic (exact) mass is 546 g/mol. The van der Waals surface area contributed by atoms with Gasteiger partial charge in [0.1, 0.15) is 24.3 Å². The second-order valence-corrected chi connectivity index (χ2v) is 9.56. The number of nitrogens with one attached hydrogen (secondary N) is 1. The number of carbonyl (C=O) groups is 1. The van der Waals surface area contributed by atoms with Crippen LogP contribution in [0, 0.1) is 11.6 Å². The zero-order chi connectivity index (χ0) is 28.5. The van der Waals surface area contributed by atoms with Crippen molar-refractivity contribution in [2.75, 3.05) is 6.54 Å². The van der Waals surface area contributed by atoms with Gasteiger partial charge in [-0.2, -0.15) is 5.10 Å². The number of carbonyl (C=O) groups excluding carboxylic acids is 1. The Morgan fingerprint density at radius 1 is 0.950 bits per heavy atom. The van der Waals surface area contributed by atoms with Crippen LogP contribution >= 0.6 is 0 Å². The molecule has 0 fully saturated rings. The summed E-state index contributed by atoms with van der Waals surface area (Å²) in [6, 6.07) is 22.7. The summed E-state index contributed by atoms with van der Waals surface area (Å²) in [6.07, 6.45) is 0.129. The minimum absolute atomic E-state index is 0.0708. The van der Waals surface area contributed by atoms with Crippen LogP contribution in [-0.2, 0) is 35.5 Å². The van der Waals surface area contributed by atoms with Crippen LogP contribution in [-0.4, -0.2) is 34.4 Å². The Kier molecular flexibility index (Phi) is 9.88. The van der Waals surface area contributed by atoms with Gasteiger partial charge in [0.2, 0.25) is 0 Å². The van der Waals surface area contributed by atoms with Crippen LogP contribution in [0.2, 0.25) is 0 Å². The highest BCUT2D eigenvalue weighted by Crippen LogP contribution is 2.15. The van der Waals surface area contributed by atoms with E-state index >= 15 is 0 Å². The maximum absolute atomic E-state index is 13.8. The lowest BCUT2D eigenvalue weighted by Crippen LogP contribution is -2.46. The van der Waals surface area contributed by atoms with Crippen LogP contribution < -0.4 is 16.6 Å². The van der Waals surface area contributed by atoms with E-state index in [1.54, 1.807) is 6.07 Å². The molecular formula is C31H32F2N4O3. The molecule has 0 amide bonds. The quantitative estimate of drug-likeness (QED) is 0.261. The van der Waals surface area contributed by atoms with Crippen molar-refractivity contribution in [2.24, 2.45) is 5.73 Å². The molecule has 1 aromatic heterocycles. The van der Waals surface area contributed by atoms with E-state index in [0.29, 0.717) is 17.8 Å². The van der Waals surface area contributed by atoms with E-state index in [0.717, 1.165) is 28.3 Å². The Labute approximate surface area is 231 Å². The van der Waals surface area contributed by atoms with Crippen molar-refractivity contribution in [3.8, 4) is 11.3 Å². The lowest BCUT2D eigenvalue weighted by atomic mass is 10.0. The van der Waals surface area contributed by atoms with Crippen LogP contribution in [0.3, 0.4) is 0 Å². The molecule has 0 aliphatic rings. The molecule has 9 heteroatoms. The van der Waals surface area contributed by atoms with Gasteiger partial charge in [-0.15, -0.1) is 0 Å². The summed E-state index contributed by atoms with van der Waals surface area (Å²) in [5.41, 5.74) is 9.87. The second-order valence-electron chi connectivity index (χ2n) is 9.56. The van der Waals surface area contributed by atoms with Crippen molar-refractivity contribution in [1.82, 2.24) is 15.1 Å². The zero-order valence-corrected chi connectivity index (χ0v) is 22.2. The Balaban J connectivity index is 1.47. The molecule has 208 valence electrons. The molecule has 0 saturated carbocycles. The number of hydrogen-bond acceptors (Lipinski definition) is 6. The topological polar surface area (TPSA) is 99.2 Å². The number of esters is 1. The third-order valence-electron chi connectivity index (χ3n) is 6.44.